The van der Waals surface area contributed by atoms with Crippen LogP contribution in [0.15, 0.2) is 0 Å². The van der Waals surface area contributed by atoms with Crippen LogP contribution in [-0.2, 0) is 0 Å². The van der Waals surface area contributed by atoms with Gasteiger partial charge in [0.05, 0.1) is 25.7 Å². The highest BCUT2D eigenvalue weighted by Crippen LogP contribution is 2.24. The highest BCUT2D eigenvalue weighted by Gasteiger charge is 2.33. The average molecular weight is 397 g/mol. The Morgan fingerprint density at radius 3 is 1.65 bits per heavy atom. The van der Waals surface area contributed by atoms with E-state index in [1.54, 1.807) is 0 Å². The van der Waals surface area contributed by atoms with Gasteiger partial charge in [-0.2, -0.15) is 0 Å². The van der Waals surface area contributed by atoms with Crippen LogP contribution >= 0.6 is 0 Å². The topological polar surface area (TPSA) is 0 Å². The number of hydrogen-bond donors (Lipinski definition) is 0. The summed E-state index contributed by atoms with van der Waals surface area (Å²) in [6.45, 7) is 18.5. The van der Waals surface area contributed by atoms with E-state index in [0.29, 0.717) is 0 Å². The lowest BCUT2D eigenvalue weighted by Crippen LogP contribution is -3.00. The van der Waals surface area contributed by atoms with Crippen LogP contribution in [0.2, 0.25) is 0 Å². The van der Waals surface area contributed by atoms with Crippen LogP contribution in [0.3, 0.4) is 0 Å². The van der Waals surface area contributed by atoms with Crippen LogP contribution in [0.25, 0.3) is 0 Å². The predicted molar refractivity (Wildman–Crippen MR) is 88.5 cm³/mol. The summed E-state index contributed by atoms with van der Waals surface area (Å²) < 4.78 is 1.39. The summed E-state index contributed by atoms with van der Waals surface area (Å²) in [7, 11) is 0. The number of hydrogen-bond acceptors (Lipinski definition) is 0. The van der Waals surface area contributed by atoms with Crippen LogP contribution in [0.4, 0.5) is 0 Å². The SMILES string of the molecule is CCCC[N+](CCCC)(CC(C)CC)C(C)CCC.[I-]. The van der Waals surface area contributed by atoms with Gasteiger partial charge in [0.1, 0.15) is 0 Å². The molecule has 124 valence electrons. The molecule has 1 nitrogen and oxygen atoms in total. The molecule has 0 saturated heterocycles. The minimum Gasteiger partial charge on any atom is -1.00 e. The monoisotopic (exact) mass is 397 g/mol. The molecule has 0 radical (unpaired) electrons. The van der Waals surface area contributed by atoms with E-state index in [4.69, 9.17) is 0 Å². The number of nitrogens with zero attached hydrogens (tertiary/aromatic N) is 1. The van der Waals surface area contributed by atoms with Gasteiger partial charge in [0.25, 0.3) is 0 Å². The second-order valence-corrected chi connectivity index (χ2v) is 6.71. The Balaban J connectivity index is 0. The molecule has 0 fully saturated rings. The predicted octanol–water partition coefficient (Wildman–Crippen LogP) is 2.64. The summed E-state index contributed by atoms with van der Waals surface area (Å²) in [5, 5.41) is 0. The lowest BCUT2D eigenvalue weighted by atomic mass is 10.00. The fraction of sp³-hybridized carbons (Fsp3) is 1.00. The van der Waals surface area contributed by atoms with Crippen molar-refractivity contribution in [1.29, 1.82) is 0 Å². The highest BCUT2D eigenvalue weighted by atomic mass is 127. The van der Waals surface area contributed by atoms with Crippen LogP contribution in [-0.4, -0.2) is 30.2 Å². The van der Waals surface area contributed by atoms with Gasteiger partial charge in [0, 0.05) is 5.92 Å². The lowest BCUT2D eigenvalue weighted by molar-refractivity contribution is -0.953. The standard InChI is InChI=1S/C18H40N.HI/c1-7-11-14-19(15-12-8-2,16-17(5)10-4)18(6)13-9-3;/h17-18H,7-16H2,1-6H3;1H/q+1;/p-1. The molecule has 2 atom stereocenters. The summed E-state index contributed by atoms with van der Waals surface area (Å²) in [6, 6.07) is 0.845. The first-order valence-corrected chi connectivity index (χ1v) is 8.91. The third kappa shape index (κ3) is 8.21. The van der Waals surface area contributed by atoms with E-state index in [-0.39, 0.29) is 24.0 Å². The molecule has 0 aromatic rings. The molecule has 0 rings (SSSR count). The summed E-state index contributed by atoms with van der Waals surface area (Å²) in [5.74, 6) is 0.869. The van der Waals surface area contributed by atoms with Gasteiger partial charge >= 0.3 is 0 Å². The Hall–Kier alpha value is 0.690. The Morgan fingerprint density at radius 2 is 1.30 bits per heavy atom. The molecule has 0 aliphatic rings. The smallest absolute Gasteiger partial charge is 0.0861 e. The minimum atomic E-state index is 0. The molecule has 0 heterocycles. The van der Waals surface area contributed by atoms with Gasteiger partial charge in [-0.05, 0) is 32.6 Å². The van der Waals surface area contributed by atoms with Gasteiger partial charge < -0.3 is 28.5 Å². The zero-order valence-corrected chi connectivity index (χ0v) is 17.2. The molecule has 0 aliphatic heterocycles. The second kappa shape index (κ2) is 13.4. The zero-order chi connectivity index (χ0) is 14.7. The summed E-state index contributed by atoms with van der Waals surface area (Å²) in [4.78, 5) is 0. The lowest BCUT2D eigenvalue weighted by Gasteiger charge is -2.45. The second-order valence-electron chi connectivity index (χ2n) is 6.71. The first-order valence-electron chi connectivity index (χ1n) is 8.91. The summed E-state index contributed by atoms with van der Waals surface area (Å²) in [6.07, 6.45) is 9.53. The Morgan fingerprint density at radius 1 is 0.800 bits per heavy atom. The molecule has 0 aromatic heterocycles. The van der Waals surface area contributed by atoms with Crippen LogP contribution in [0.5, 0.6) is 0 Å². The first-order chi connectivity index (χ1) is 9.06. The molecule has 2 heteroatoms. The van der Waals surface area contributed by atoms with Crippen LogP contribution in [0, 0.1) is 5.92 Å². The maximum Gasteiger partial charge on any atom is 0.0861 e. The molecule has 2 unspecified atom stereocenters. The van der Waals surface area contributed by atoms with Crippen molar-refractivity contribution in [3.05, 3.63) is 0 Å². The van der Waals surface area contributed by atoms with Crippen molar-refractivity contribution in [1.82, 2.24) is 0 Å². The fourth-order valence-corrected chi connectivity index (χ4v) is 3.30. The van der Waals surface area contributed by atoms with Crippen molar-refractivity contribution in [3.63, 3.8) is 0 Å². The van der Waals surface area contributed by atoms with Crippen molar-refractivity contribution in [2.24, 2.45) is 5.92 Å². The number of unbranched alkanes of at least 4 members (excludes halogenated alkanes) is 2. The van der Waals surface area contributed by atoms with Crippen molar-refractivity contribution in [2.75, 3.05) is 19.6 Å². The van der Waals surface area contributed by atoms with E-state index in [1.165, 1.54) is 69.1 Å². The molecule has 0 spiro atoms. The van der Waals surface area contributed by atoms with E-state index in [9.17, 15) is 0 Å². The van der Waals surface area contributed by atoms with E-state index in [2.05, 4.69) is 41.5 Å². The molecular weight excluding hydrogens is 357 g/mol. The summed E-state index contributed by atoms with van der Waals surface area (Å²) >= 11 is 0. The van der Waals surface area contributed by atoms with Crippen molar-refractivity contribution in [2.45, 2.75) is 92.5 Å². The zero-order valence-electron chi connectivity index (χ0n) is 15.1. The van der Waals surface area contributed by atoms with Gasteiger partial charge in [0.2, 0.25) is 0 Å². The van der Waals surface area contributed by atoms with Gasteiger partial charge in [0.15, 0.2) is 0 Å². The minimum absolute atomic E-state index is 0. The van der Waals surface area contributed by atoms with Crippen LogP contribution in [0.1, 0.15) is 86.5 Å². The quantitative estimate of drug-likeness (QED) is 0.351. The number of quaternary nitrogens is 1. The molecule has 0 aliphatic carbocycles. The normalized spacial score (nSPS) is 14.7. The largest absolute Gasteiger partial charge is 1.00 e. The summed E-state index contributed by atoms with van der Waals surface area (Å²) in [5.41, 5.74) is 0. The Labute approximate surface area is 146 Å². The Bertz CT molecular complexity index is 198. The van der Waals surface area contributed by atoms with E-state index in [0.717, 1.165) is 12.0 Å². The molecule has 0 saturated carbocycles. The van der Waals surface area contributed by atoms with E-state index >= 15 is 0 Å². The van der Waals surface area contributed by atoms with Crippen LogP contribution < -0.4 is 24.0 Å². The maximum absolute atomic E-state index is 2.51. The maximum atomic E-state index is 2.51. The molecule has 0 bridgehead atoms. The molecule has 0 amide bonds. The van der Waals surface area contributed by atoms with Gasteiger partial charge in [-0.1, -0.05) is 53.9 Å². The highest BCUT2D eigenvalue weighted by molar-refractivity contribution is 4.60. The van der Waals surface area contributed by atoms with Gasteiger partial charge in [-0.3, -0.25) is 0 Å². The third-order valence-corrected chi connectivity index (χ3v) is 4.93. The Kier molecular flexibility index (Phi) is 15.3. The average Bonchev–Trinajstić information content (AvgIpc) is 2.41. The van der Waals surface area contributed by atoms with Gasteiger partial charge in [-0.25, -0.2) is 0 Å². The molecule has 0 aromatic carbocycles. The van der Waals surface area contributed by atoms with E-state index in [1.807, 2.05) is 0 Å². The molecule has 20 heavy (non-hydrogen) atoms. The van der Waals surface area contributed by atoms with Crippen molar-refractivity contribution < 1.29 is 28.5 Å². The van der Waals surface area contributed by atoms with E-state index < -0.39 is 0 Å². The third-order valence-electron chi connectivity index (χ3n) is 4.93. The number of halogens is 1. The van der Waals surface area contributed by atoms with Gasteiger partial charge in [-0.15, -0.1) is 0 Å². The first kappa shape index (κ1) is 23.0. The van der Waals surface area contributed by atoms with Crippen molar-refractivity contribution >= 4 is 0 Å². The number of rotatable bonds is 12. The molecular formula is C18H40IN. The van der Waals surface area contributed by atoms with Crippen molar-refractivity contribution in [3.8, 4) is 0 Å². The molecule has 0 N–H and O–H groups in total. The fourth-order valence-electron chi connectivity index (χ4n) is 3.30.